The van der Waals surface area contributed by atoms with E-state index in [1.807, 2.05) is 0 Å². The summed E-state index contributed by atoms with van der Waals surface area (Å²) in [6.07, 6.45) is 0. The number of hydrazone groups is 2. The van der Waals surface area contributed by atoms with Crippen molar-refractivity contribution in [2.24, 2.45) is 10.2 Å². The topological polar surface area (TPSA) is 49.7 Å². The van der Waals surface area contributed by atoms with Gasteiger partial charge in [-0.1, -0.05) is 36.4 Å². The second kappa shape index (κ2) is 9.13. The van der Waals surface area contributed by atoms with Crippen LogP contribution in [0.4, 0.5) is 8.22 Å². The molecule has 2 rings (SSSR count). The van der Waals surface area contributed by atoms with Gasteiger partial charge in [-0.2, -0.15) is 8.22 Å². The maximum atomic E-state index is 14.7. The molecule has 0 spiro atoms. The lowest BCUT2D eigenvalue weighted by atomic mass is 10.2. The number of nitrogens with zero attached hydrogens (tertiary/aromatic N) is 4. The molecule has 2 aromatic carbocycles. The molecular weight excluding hydrogens is 370 g/mol. The van der Waals surface area contributed by atoms with Gasteiger partial charge >= 0.3 is 9.23 Å². The Morgan fingerprint density at radius 2 is 1.04 bits per heavy atom. The summed E-state index contributed by atoms with van der Waals surface area (Å²) in [7, 11) is 0.840. The second-order valence-electron chi connectivity index (χ2n) is 5.90. The van der Waals surface area contributed by atoms with Crippen molar-refractivity contribution >= 4 is 21.0 Å². The molecule has 0 radical (unpaired) electrons. The van der Waals surface area contributed by atoms with E-state index in [0.717, 1.165) is 0 Å². The molecule has 0 saturated heterocycles. The zero-order valence-electron chi connectivity index (χ0n) is 15.6. The fraction of sp³-hybridized carbons (Fsp3) is 0.222. The first kappa shape index (κ1) is 20.4. The number of benzene rings is 2. The van der Waals surface area contributed by atoms with E-state index >= 15 is 0 Å². The van der Waals surface area contributed by atoms with Crippen LogP contribution < -0.4 is 0 Å². The maximum Gasteiger partial charge on any atom is 0.908 e. The normalized spacial score (nSPS) is 12.5. The summed E-state index contributed by atoms with van der Waals surface area (Å²) in [4.78, 5) is 0. The fourth-order valence-corrected chi connectivity index (χ4v) is 2.85. The molecule has 2 aromatic rings. The molecule has 0 fully saturated rings. The van der Waals surface area contributed by atoms with Gasteiger partial charge in [-0.15, -0.1) is 10.2 Å². The molecular formula is C18H22F2N4O2Si. The van der Waals surface area contributed by atoms with Crippen LogP contribution >= 0.6 is 0 Å². The van der Waals surface area contributed by atoms with Gasteiger partial charge in [0.25, 0.3) is 0 Å². The highest BCUT2D eigenvalue weighted by Gasteiger charge is 2.52. The van der Waals surface area contributed by atoms with Gasteiger partial charge in [0.2, 0.25) is 11.8 Å². The standard InChI is InChI=1S/C18H22F2N4O2Si/c1-23(2)21-17(15-11-7-5-8-12-15)25-27(19,20)26-18(22-24(3)4)16-13-9-6-10-14-16/h5-14H,1-4H3/b21-17+,22-18+. The zero-order valence-corrected chi connectivity index (χ0v) is 16.6. The van der Waals surface area contributed by atoms with Crippen molar-refractivity contribution in [2.75, 3.05) is 28.2 Å². The van der Waals surface area contributed by atoms with E-state index in [9.17, 15) is 8.22 Å². The van der Waals surface area contributed by atoms with E-state index in [1.165, 1.54) is 10.0 Å². The van der Waals surface area contributed by atoms with Crippen molar-refractivity contribution in [3.05, 3.63) is 71.8 Å². The molecule has 0 bridgehead atoms. The van der Waals surface area contributed by atoms with Crippen molar-refractivity contribution in [3.8, 4) is 0 Å². The van der Waals surface area contributed by atoms with Crippen LogP contribution in [-0.4, -0.2) is 59.2 Å². The predicted octanol–water partition coefficient (Wildman–Crippen LogP) is 3.24. The molecule has 6 nitrogen and oxygen atoms in total. The van der Waals surface area contributed by atoms with E-state index < -0.39 is 9.23 Å². The summed E-state index contributed by atoms with van der Waals surface area (Å²) in [6.45, 7) is 0. The molecule has 0 amide bonds. The summed E-state index contributed by atoms with van der Waals surface area (Å²) in [5.74, 6) is -0.427. The third-order valence-electron chi connectivity index (χ3n) is 3.05. The number of rotatable bonds is 6. The molecule has 144 valence electrons. The molecule has 0 aliphatic rings. The lowest BCUT2D eigenvalue weighted by molar-refractivity contribution is 0.223. The SMILES string of the molecule is CN(C)/N=C(/O[Si](F)(F)O/C(=N/N(C)C)c1ccccc1)c1ccccc1. The first-order valence-corrected chi connectivity index (χ1v) is 9.72. The average Bonchev–Trinajstić information content (AvgIpc) is 2.61. The van der Waals surface area contributed by atoms with Gasteiger partial charge in [0.1, 0.15) is 0 Å². The van der Waals surface area contributed by atoms with Crippen LogP contribution in [0.3, 0.4) is 0 Å². The summed E-state index contributed by atoms with van der Waals surface area (Å²) in [6, 6.07) is 17.0. The fourth-order valence-electron chi connectivity index (χ4n) is 2.04. The average molecular weight is 392 g/mol. The van der Waals surface area contributed by atoms with Gasteiger partial charge in [-0.25, -0.2) is 0 Å². The predicted molar refractivity (Wildman–Crippen MR) is 103 cm³/mol. The van der Waals surface area contributed by atoms with Crippen LogP contribution in [-0.2, 0) is 8.85 Å². The van der Waals surface area contributed by atoms with E-state index in [0.29, 0.717) is 11.1 Å². The Hall–Kier alpha value is -2.94. The van der Waals surface area contributed by atoms with E-state index in [-0.39, 0.29) is 11.8 Å². The molecule has 27 heavy (non-hydrogen) atoms. The van der Waals surface area contributed by atoms with Gasteiger partial charge < -0.3 is 8.85 Å². The minimum atomic E-state index is -5.64. The Kier molecular flexibility index (Phi) is 6.89. The largest absolute Gasteiger partial charge is 0.908 e. The molecule has 0 unspecified atom stereocenters. The quantitative estimate of drug-likeness (QED) is 0.249. The van der Waals surface area contributed by atoms with E-state index in [4.69, 9.17) is 8.85 Å². The van der Waals surface area contributed by atoms with Crippen molar-refractivity contribution in [1.29, 1.82) is 0 Å². The molecule has 0 aliphatic heterocycles. The van der Waals surface area contributed by atoms with Gasteiger partial charge in [-0.3, -0.25) is 10.0 Å². The highest BCUT2D eigenvalue weighted by Crippen LogP contribution is 2.19. The number of halogens is 2. The maximum absolute atomic E-state index is 14.7. The Labute approximate surface area is 158 Å². The lowest BCUT2D eigenvalue weighted by Gasteiger charge is -2.19. The summed E-state index contributed by atoms with van der Waals surface area (Å²) in [5.41, 5.74) is 0.848. The smallest absolute Gasteiger partial charge is 0.447 e. The van der Waals surface area contributed by atoms with Gasteiger partial charge in [-0.05, 0) is 24.3 Å². The lowest BCUT2D eigenvalue weighted by Crippen LogP contribution is -2.39. The monoisotopic (exact) mass is 392 g/mol. The first-order chi connectivity index (χ1) is 12.8. The Morgan fingerprint density at radius 3 is 1.33 bits per heavy atom. The molecule has 0 aromatic heterocycles. The Bertz CT molecular complexity index is 719. The molecule has 0 saturated carbocycles. The first-order valence-electron chi connectivity index (χ1n) is 8.15. The summed E-state index contributed by atoms with van der Waals surface area (Å²) in [5, 5.41) is 10.8. The molecule has 0 atom stereocenters. The molecule has 0 heterocycles. The highest BCUT2D eigenvalue weighted by molar-refractivity contribution is 6.57. The minimum Gasteiger partial charge on any atom is -0.447 e. The van der Waals surface area contributed by atoms with E-state index in [1.54, 1.807) is 88.9 Å². The highest BCUT2D eigenvalue weighted by atomic mass is 28.5. The Morgan fingerprint density at radius 1 is 0.704 bits per heavy atom. The molecule has 0 aliphatic carbocycles. The van der Waals surface area contributed by atoms with Gasteiger partial charge in [0.05, 0.1) is 0 Å². The van der Waals surface area contributed by atoms with Crippen LogP contribution in [0.5, 0.6) is 0 Å². The number of hydrogen-bond donors (Lipinski definition) is 0. The number of hydrogen-bond acceptors (Lipinski definition) is 6. The van der Waals surface area contributed by atoms with Crippen LogP contribution in [0.25, 0.3) is 0 Å². The van der Waals surface area contributed by atoms with Crippen molar-refractivity contribution < 1.29 is 17.1 Å². The van der Waals surface area contributed by atoms with Crippen LogP contribution in [0.2, 0.25) is 0 Å². The summed E-state index contributed by atoms with van der Waals surface area (Å²) < 4.78 is 39.3. The zero-order chi connectivity index (χ0) is 19.9. The van der Waals surface area contributed by atoms with Crippen LogP contribution in [0, 0.1) is 0 Å². The van der Waals surface area contributed by atoms with Gasteiger partial charge in [0, 0.05) is 39.3 Å². The third-order valence-corrected chi connectivity index (χ3v) is 3.92. The van der Waals surface area contributed by atoms with Crippen LogP contribution in [0.15, 0.2) is 70.9 Å². The van der Waals surface area contributed by atoms with Gasteiger partial charge in [0.15, 0.2) is 0 Å². The molecule has 9 heteroatoms. The second-order valence-corrected chi connectivity index (χ2v) is 7.24. The third kappa shape index (κ3) is 6.70. The van der Waals surface area contributed by atoms with Crippen molar-refractivity contribution in [3.63, 3.8) is 0 Å². The minimum absolute atomic E-state index is 0.213. The Balaban J connectivity index is 2.29. The van der Waals surface area contributed by atoms with E-state index in [2.05, 4.69) is 10.2 Å². The van der Waals surface area contributed by atoms with Crippen molar-refractivity contribution in [1.82, 2.24) is 10.0 Å². The molecule has 0 N–H and O–H groups in total. The van der Waals surface area contributed by atoms with Crippen molar-refractivity contribution in [2.45, 2.75) is 0 Å². The summed E-state index contributed by atoms with van der Waals surface area (Å²) >= 11 is 0. The van der Waals surface area contributed by atoms with Crippen LogP contribution in [0.1, 0.15) is 11.1 Å².